The van der Waals surface area contributed by atoms with Crippen LogP contribution in [-0.4, -0.2) is 26.4 Å². The van der Waals surface area contributed by atoms with E-state index in [1.54, 1.807) is 0 Å². The fraction of sp³-hybridized carbons (Fsp3) is 0.160. The first-order valence-corrected chi connectivity index (χ1v) is 12.5. The molecule has 0 saturated heterocycles. The molecule has 0 bridgehead atoms. The number of aryl methyl sites for hydroxylation is 3. The van der Waals surface area contributed by atoms with Crippen LogP contribution in [0.5, 0.6) is 0 Å². The average Bonchev–Trinajstić information content (AvgIpc) is 3.20. The molecule has 0 aliphatic heterocycles. The molecule has 4 aromatic rings. The van der Waals surface area contributed by atoms with Crippen LogP contribution >= 0.6 is 39.3 Å². The lowest BCUT2D eigenvalue weighted by molar-refractivity contribution is -0.113. The van der Waals surface area contributed by atoms with E-state index in [-0.39, 0.29) is 11.7 Å². The number of rotatable bonds is 6. The first-order chi connectivity index (χ1) is 15.8. The Kier molecular flexibility index (Phi) is 7.22. The number of carbonyl (C=O) groups is 1. The van der Waals surface area contributed by atoms with E-state index in [1.165, 1.54) is 11.8 Å². The van der Waals surface area contributed by atoms with E-state index in [4.69, 9.17) is 11.6 Å². The molecule has 0 atom stereocenters. The summed E-state index contributed by atoms with van der Waals surface area (Å²) in [5.41, 5.74) is 5.84. The molecular weight excluding hydrogens is 520 g/mol. The van der Waals surface area contributed by atoms with Gasteiger partial charge in [-0.25, -0.2) is 0 Å². The molecule has 0 unspecified atom stereocenters. The highest BCUT2D eigenvalue weighted by molar-refractivity contribution is 9.10. The van der Waals surface area contributed by atoms with Crippen molar-refractivity contribution in [3.63, 3.8) is 0 Å². The smallest absolute Gasteiger partial charge is 0.234 e. The van der Waals surface area contributed by atoms with Crippen molar-refractivity contribution in [1.29, 1.82) is 0 Å². The van der Waals surface area contributed by atoms with Gasteiger partial charge in [-0.1, -0.05) is 57.0 Å². The monoisotopic (exact) mass is 540 g/mol. The van der Waals surface area contributed by atoms with Crippen molar-refractivity contribution in [2.45, 2.75) is 25.9 Å². The number of hydrogen-bond donors (Lipinski definition) is 1. The van der Waals surface area contributed by atoms with Crippen LogP contribution in [0, 0.1) is 20.8 Å². The first kappa shape index (κ1) is 23.5. The van der Waals surface area contributed by atoms with Gasteiger partial charge in [0.2, 0.25) is 5.91 Å². The van der Waals surface area contributed by atoms with Crippen LogP contribution in [-0.2, 0) is 4.79 Å². The van der Waals surface area contributed by atoms with Crippen molar-refractivity contribution in [3.05, 3.63) is 86.8 Å². The highest BCUT2D eigenvalue weighted by Crippen LogP contribution is 2.30. The molecule has 3 aromatic carbocycles. The number of aromatic nitrogens is 3. The maximum absolute atomic E-state index is 12.8. The summed E-state index contributed by atoms with van der Waals surface area (Å²) in [7, 11) is 0. The summed E-state index contributed by atoms with van der Waals surface area (Å²) in [6, 6.07) is 19.6. The highest BCUT2D eigenvalue weighted by Gasteiger charge is 2.18. The molecule has 0 radical (unpaired) electrons. The molecule has 0 aliphatic rings. The first-order valence-electron chi connectivity index (χ1n) is 10.3. The predicted molar refractivity (Wildman–Crippen MR) is 140 cm³/mol. The van der Waals surface area contributed by atoms with Gasteiger partial charge in [-0.15, -0.1) is 10.2 Å². The predicted octanol–water partition coefficient (Wildman–Crippen LogP) is 7.01. The van der Waals surface area contributed by atoms with Crippen molar-refractivity contribution in [3.8, 4) is 17.1 Å². The molecule has 0 aliphatic carbocycles. The maximum atomic E-state index is 12.8. The Morgan fingerprint density at radius 2 is 1.64 bits per heavy atom. The number of benzene rings is 3. The zero-order valence-corrected chi connectivity index (χ0v) is 21.6. The third-order valence-corrected chi connectivity index (χ3v) is 6.76. The number of halogens is 2. The second-order valence-corrected chi connectivity index (χ2v) is 10.0. The van der Waals surface area contributed by atoms with Gasteiger partial charge < -0.3 is 5.32 Å². The normalized spacial score (nSPS) is 10.9. The SMILES string of the molecule is Cc1ccc(-n2c(SCC(=O)Nc3c(C)cc(Br)cc3C)nnc2-c2ccc(Cl)cc2)cc1. The van der Waals surface area contributed by atoms with Gasteiger partial charge in [0.05, 0.1) is 5.75 Å². The summed E-state index contributed by atoms with van der Waals surface area (Å²) in [5, 5.41) is 13.2. The van der Waals surface area contributed by atoms with E-state index < -0.39 is 0 Å². The quantitative estimate of drug-likeness (QED) is 0.267. The number of nitrogens with zero attached hydrogens (tertiary/aromatic N) is 3. The minimum atomic E-state index is -0.0972. The highest BCUT2D eigenvalue weighted by atomic mass is 79.9. The number of thioether (sulfide) groups is 1. The average molecular weight is 542 g/mol. The molecule has 33 heavy (non-hydrogen) atoms. The minimum Gasteiger partial charge on any atom is -0.325 e. The largest absolute Gasteiger partial charge is 0.325 e. The molecule has 168 valence electrons. The Morgan fingerprint density at radius 3 is 2.27 bits per heavy atom. The van der Waals surface area contributed by atoms with E-state index in [1.807, 2.05) is 86.0 Å². The van der Waals surface area contributed by atoms with Gasteiger partial charge in [0, 0.05) is 26.4 Å². The van der Waals surface area contributed by atoms with Crippen LogP contribution in [0.1, 0.15) is 16.7 Å². The molecule has 0 fully saturated rings. The van der Waals surface area contributed by atoms with Gasteiger partial charge >= 0.3 is 0 Å². The standard InChI is InChI=1S/C25H22BrClN4OS/c1-15-4-10-21(11-5-15)31-24(18-6-8-20(27)9-7-18)29-30-25(31)33-14-22(32)28-23-16(2)12-19(26)13-17(23)3/h4-13H,14H2,1-3H3,(H,28,32). The minimum absolute atomic E-state index is 0.0972. The molecular formula is C25H22BrClN4OS. The summed E-state index contributed by atoms with van der Waals surface area (Å²) in [4.78, 5) is 12.8. The number of carbonyl (C=O) groups excluding carboxylic acids is 1. The zero-order valence-electron chi connectivity index (χ0n) is 18.4. The third-order valence-electron chi connectivity index (χ3n) is 5.12. The van der Waals surface area contributed by atoms with E-state index in [0.29, 0.717) is 16.0 Å². The van der Waals surface area contributed by atoms with Crippen molar-refractivity contribution in [2.24, 2.45) is 0 Å². The molecule has 1 aromatic heterocycles. The number of amides is 1. The number of nitrogens with one attached hydrogen (secondary N) is 1. The third kappa shape index (κ3) is 5.49. The van der Waals surface area contributed by atoms with E-state index in [2.05, 4.69) is 31.4 Å². The van der Waals surface area contributed by atoms with Crippen molar-refractivity contribution >= 4 is 50.9 Å². The lowest BCUT2D eigenvalue weighted by Gasteiger charge is -2.13. The summed E-state index contributed by atoms with van der Waals surface area (Å²) in [6.45, 7) is 6.00. The Balaban J connectivity index is 1.60. The van der Waals surface area contributed by atoms with E-state index >= 15 is 0 Å². The van der Waals surface area contributed by atoms with Crippen LogP contribution in [0.25, 0.3) is 17.1 Å². The van der Waals surface area contributed by atoms with Crippen molar-refractivity contribution in [1.82, 2.24) is 14.8 Å². The van der Waals surface area contributed by atoms with Gasteiger partial charge in [0.1, 0.15) is 0 Å². The van der Waals surface area contributed by atoms with E-state index in [0.717, 1.165) is 38.1 Å². The Labute approximate surface area is 210 Å². The van der Waals surface area contributed by atoms with Gasteiger partial charge in [-0.3, -0.25) is 9.36 Å². The molecule has 0 spiro atoms. The van der Waals surface area contributed by atoms with Crippen LogP contribution in [0.15, 0.2) is 70.3 Å². The van der Waals surface area contributed by atoms with Crippen LogP contribution in [0.3, 0.4) is 0 Å². The second-order valence-electron chi connectivity index (χ2n) is 7.74. The molecule has 8 heteroatoms. The lowest BCUT2D eigenvalue weighted by atomic mass is 10.1. The molecule has 1 heterocycles. The summed E-state index contributed by atoms with van der Waals surface area (Å²) in [6.07, 6.45) is 0. The molecule has 0 saturated carbocycles. The Hall–Kier alpha value is -2.61. The number of hydrogen-bond acceptors (Lipinski definition) is 4. The lowest BCUT2D eigenvalue weighted by Crippen LogP contribution is -2.16. The summed E-state index contributed by atoms with van der Waals surface area (Å²) >= 11 is 10.9. The maximum Gasteiger partial charge on any atom is 0.234 e. The van der Waals surface area contributed by atoms with Gasteiger partial charge in [-0.2, -0.15) is 0 Å². The van der Waals surface area contributed by atoms with Gasteiger partial charge in [-0.05, 0) is 80.4 Å². The van der Waals surface area contributed by atoms with Crippen LogP contribution < -0.4 is 5.32 Å². The molecule has 1 amide bonds. The van der Waals surface area contributed by atoms with Crippen molar-refractivity contribution in [2.75, 3.05) is 11.1 Å². The summed E-state index contributed by atoms with van der Waals surface area (Å²) in [5.74, 6) is 0.803. The Morgan fingerprint density at radius 1 is 1.00 bits per heavy atom. The molecule has 5 nitrogen and oxygen atoms in total. The molecule has 4 rings (SSSR count). The van der Waals surface area contributed by atoms with Crippen molar-refractivity contribution < 1.29 is 4.79 Å². The zero-order chi connectivity index (χ0) is 23.5. The van der Waals surface area contributed by atoms with Crippen LogP contribution in [0.4, 0.5) is 5.69 Å². The summed E-state index contributed by atoms with van der Waals surface area (Å²) < 4.78 is 2.96. The molecule has 1 N–H and O–H groups in total. The Bertz CT molecular complexity index is 1280. The van der Waals surface area contributed by atoms with E-state index in [9.17, 15) is 4.79 Å². The number of anilines is 1. The topological polar surface area (TPSA) is 59.8 Å². The second kappa shape index (κ2) is 10.1. The fourth-order valence-electron chi connectivity index (χ4n) is 3.49. The van der Waals surface area contributed by atoms with Gasteiger partial charge in [0.15, 0.2) is 11.0 Å². The van der Waals surface area contributed by atoms with Gasteiger partial charge in [0.25, 0.3) is 0 Å². The van der Waals surface area contributed by atoms with Crippen LogP contribution in [0.2, 0.25) is 5.02 Å². The fourth-order valence-corrected chi connectivity index (χ4v) is 5.05.